The van der Waals surface area contributed by atoms with Gasteiger partial charge in [-0.1, -0.05) is 84.9 Å². The highest BCUT2D eigenvalue weighted by molar-refractivity contribution is 5.94. The van der Waals surface area contributed by atoms with E-state index in [1.807, 2.05) is 84.9 Å². The van der Waals surface area contributed by atoms with Crippen molar-refractivity contribution in [1.29, 1.82) is 0 Å². The van der Waals surface area contributed by atoms with Gasteiger partial charge in [-0.05, 0) is 46.5 Å². The molecule has 35 heavy (non-hydrogen) atoms. The first-order chi connectivity index (χ1) is 17.2. The number of benzene rings is 4. The van der Waals surface area contributed by atoms with Gasteiger partial charge in [0.15, 0.2) is 5.78 Å². The van der Waals surface area contributed by atoms with E-state index in [4.69, 9.17) is 9.47 Å². The first-order valence-corrected chi connectivity index (χ1v) is 11.9. The van der Waals surface area contributed by atoms with Crippen LogP contribution in [0.25, 0.3) is 0 Å². The van der Waals surface area contributed by atoms with Crippen molar-refractivity contribution in [1.82, 2.24) is 5.32 Å². The molecule has 1 fully saturated rings. The zero-order chi connectivity index (χ0) is 24.2. The number of hydrogen-bond donors (Lipinski definition) is 1. The Bertz CT molecular complexity index is 1160. The van der Waals surface area contributed by atoms with Crippen LogP contribution in [0.2, 0.25) is 0 Å². The molecule has 0 radical (unpaired) electrons. The number of carbonyl (C=O) groups excluding carboxylic acids is 1. The molecule has 4 atom stereocenters. The Kier molecular flexibility index (Phi) is 6.64. The second kappa shape index (κ2) is 10.2. The van der Waals surface area contributed by atoms with Gasteiger partial charge in [0, 0.05) is 12.1 Å². The summed E-state index contributed by atoms with van der Waals surface area (Å²) in [6.45, 7) is 0. The Morgan fingerprint density at radius 1 is 0.514 bits per heavy atom. The maximum Gasteiger partial charge on any atom is 0.151 e. The van der Waals surface area contributed by atoms with E-state index in [2.05, 4.69) is 29.6 Å². The van der Waals surface area contributed by atoms with E-state index in [1.165, 1.54) is 0 Å². The zero-order valence-electron chi connectivity index (χ0n) is 19.9. The Morgan fingerprint density at radius 2 is 0.886 bits per heavy atom. The van der Waals surface area contributed by atoms with Gasteiger partial charge in [-0.15, -0.1) is 0 Å². The normalized spacial score (nSPS) is 21.9. The summed E-state index contributed by atoms with van der Waals surface area (Å²) >= 11 is 0. The molecule has 0 unspecified atom stereocenters. The van der Waals surface area contributed by atoms with Gasteiger partial charge in [-0.2, -0.15) is 0 Å². The third-order valence-corrected chi connectivity index (χ3v) is 6.91. The monoisotopic (exact) mass is 463 g/mol. The molecule has 1 aliphatic heterocycles. The molecule has 4 aromatic rings. The molecule has 0 saturated carbocycles. The van der Waals surface area contributed by atoms with Gasteiger partial charge in [0.25, 0.3) is 0 Å². The number of nitrogens with one attached hydrogen (secondary N) is 1. The third kappa shape index (κ3) is 4.58. The van der Waals surface area contributed by atoms with Crippen molar-refractivity contribution in [3.05, 3.63) is 131 Å². The number of methoxy groups -OCH3 is 2. The summed E-state index contributed by atoms with van der Waals surface area (Å²) in [7, 11) is 3.32. The van der Waals surface area contributed by atoms with Gasteiger partial charge in [0.05, 0.1) is 26.1 Å². The van der Waals surface area contributed by atoms with E-state index < -0.39 is 0 Å². The second-order valence-corrected chi connectivity index (χ2v) is 8.85. The van der Waals surface area contributed by atoms with Crippen LogP contribution >= 0.6 is 0 Å². The highest BCUT2D eigenvalue weighted by Crippen LogP contribution is 2.47. The summed E-state index contributed by atoms with van der Waals surface area (Å²) in [5.41, 5.74) is 4.14. The number of ketones is 1. The van der Waals surface area contributed by atoms with E-state index in [0.29, 0.717) is 0 Å². The van der Waals surface area contributed by atoms with Gasteiger partial charge < -0.3 is 14.8 Å². The standard InChI is InChI=1S/C31H29NO3/c1-34-25-17-13-23(14-18-25)29-27(21-9-5-3-6-10-21)31(33)28(22-11-7-4-8-12-22)30(32-29)24-15-19-26(35-2)20-16-24/h3-20,27-30,32H,1-2H3/t27-,28-,29-,30-/m1/s1. The molecule has 0 aliphatic carbocycles. The van der Waals surface area contributed by atoms with Gasteiger partial charge in [-0.3, -0.25) is 4.79 Å². The highest BCUT2D eigenvalue weighted by Gasteiger charge is 2.45. The van der Waals surface area contributed by atoms with E-state index in [-0.39, 0.29) is 29.7 Å². The van der Waals surface area contributed by atoms with Gasteiger partial charge in [-0.25, -0.2) is 0 Å². The summed E-state index contributed by atoms with van der Waals surface area (Å²) in [4.78, 5) is 14.5. The molecule has 1 saturated heterocycles. The number of hydrogen-bond acceptors (Lipinski definition) is 4. The maximum atomic E-state index is 14.5. The quantitative estimate of drug-likeness (QED) is 0.368. The van der Waals surface area contributed by atoms with Crippen LogP contribution in [-0.2, 0) is 4.79 Å². The van der Waals surface area contributed by atoms with Crippen molar-refractivity contribution in [2.24, 2.45) is 0 Å². The molecule has 4 nitrogen and oxygen atoms in total. The Balaban J connectivity index is 1.64. The average molecular weight is 464 g/mol. The molecule has 1 heterocycles. The summed E-state index contributed by atoms with van der Waals surface area (Å²) in [6, 6.07) is 35.8. The van der Waals surface area contributed by atoms with Crippen molar-refractivity contribution in [3.8, 4) is 11.5 Å². The predicted octanol–water partition coefficient (Wildman–Crippen LogP) is 6.23. The Morgan fingerprint density at radius 3 is 1.23 bits per heavy atom. The maximum absolute atomic E-state index is 14.5. The minimum absolute atomic E-state index is 0.192. The van der Waals surface area contributed by atoms with Crippen molar-refractivity contribution in [2.45, 2.75) is 23.9 Å². The van der Waals surface area contributed by atoms with Crippen LogP contribution < -0.4 is 14.8 Å². The van der Waals surface area contributed by atoms with Crippen LogP contribution in [0.3, 0.4) is 0 Å². The smallest absolute Gasteiger partial charge is 0.151 e. The molecule has 0 spiro atoms. The first-order valence-electron chi connectivity index (χ1n) is 11.9. The van der Waals surface area contributed by atoms with Gasteiger partial charge in [0.2, 0.25) is 0 Å². The molecule has 4 heteroatoms. The molecule has 1 aliphatic rings. The lowest BCUT2D eigenvalue weighted by atomic mass is 9.70. The topological polar surface area (TPSA) is 47.6 Å². The SMILES string of the molecule is COc1ccc([C@H]2N[C@H](c3ccc(OC)cc3)[C@@H](c3ccccc3)C(=O)[C@@H]2c2ccccc2)cc1. The highest BCUT2D eigenvalue weighted by atomic mass is 16.5. The lowest BCUT2D eigenvalue weighted by Gasteiger charge is -2.42. The van der Waals surface area contributed by atoms with Crippen molar-refractivity contribution >= 4 is 5.78 Å². The van der Waals surface area contributed by atoms with Crippen LogP contribution in [0.4, 0.5) is 0 Å². The number of Topliss-reactive ketones (excluding diaryl/α,β-unsaturated/α-hetero) is 1. The molecule has 0 aromatic heterocycles. The number of ether oxygens (including phenoxy) is 2. The number of carbonyl (C=O) groups is 1. The molecule has 4 aromatic carbocycles. The second-order valence-electron chi connectivity index (χ2n) is 8.85. The average Bonchev–Trinajstić information content (AvgIpc) is 2.93. The van der Waals surface area contributed by atoms with E-state index in [0.717, 1.165) is 33.8 Å². The Hall–Kier alpha value is -3.89. The van der Waals surface area contributed by atoms with Gasteiger partial charge >= 0.3 is 0 Å². The fourth-order valence-electron chi connectivity index (χ4n) is 5.14. The summed E-state index contributed by atoms with van der Waals surface area (Å²) in [5, 5.41) is 3.89. The first kappa shape index (κ1) is 22.9. The summed E-state index contributed by atoms with van der Waals surface area (Å²) in [6.07, 6.45) is 0. The third-order valence-electron chi connectivity index (χ3n) is 6.91. The largest absolute Gasteiger partial charge is 0.497 e. The number of rotatable bonds is 6. The lowest BCUT2D eigenvalue weighted by molar-refractivity contribution is -0.125. The van der Waals surface area contributed by atoms with Crippen LogP contribution in [-0.4, -0.2) is 20.0 Å². The lowest BCUT2D eigenvalue weighted by Crippen LogP contribution is -2.46. The predicted molar refractivity (Wildman–Crippen MR) is 138 cm³/mol. The molecule has 0 bridgehead atoms. The fourth-order valence-corrected chi connectivity index (χ4v) is 5.14. The number of piperidine rings is 1. The van der Waals surface area contributed by atoms with Crippen molar-refractivity contribution < 1.29 is 14.3 Å². The zero-order valence-corrected chi connectivity index (χ0v) is 19.9. The van der Waals surface area contributed by atoms with E-state index in [9.17, 15) is 4.79 Å². The van der Waals surface area contributed by atoms with Crippen molar-refractivity contribution in [2.75, 3.05) is 14.2 Å². The molecule has 1 N–H and O–H groups in total. The van der Waals surface area contributed by atoms with E-state index in [1.54, 1.807) is 14.2 Å². The van der Waals surface area contributed by atoms with Crippen LogP contribution in [0.1, 0.15) is 46.2 Å². The molecular formula is C31H29NO3. The fraction of sp³-hybridized carbons (Fsp3) is 0.194. The Labute approximate surface area is 206 Å². The molecule has 176 valence electrons. The van der Waals surface area contributed by atoms with Crippen LogP contribution in [0.5, 0.6) is 11.5 Å². The minimum Gasteiger partial charge on any atom is -0.497 e. The minimum atomic E-state index is -0.329. The van der Waals surface area contributed by atoms with Gasteiger partial charge in [0.1, 0.15) is 11.5 Å². The van der Waals surface area contributed by atoms with Crippen LogP contribution in [0.15, 0.2) is 109 Å². The van der Waals surface area contributed by atoms with Crippen LogP contribution in [0, 0.1) is 0 Å². The molecule has 0 amide bonds. The van der Waals surface area contributed by atoms with E-state index >= 15 is 0 Å². The summed E-state index contributed by atoms with van der Waals surface area (Å²) < 4.78 is 10.8. The molecule has 5 rings (SSSR count). The van der Waals surface area contributed by atoms with Crippen molar-refractivity contribution in [3.63, 3.8) is 0 Å². The summed E-state index contributed by atoms with van der Waals surface area (Å²) in [5.74, 6) is 1.14. The molecular weight excluding hydrogens is 434 g/mol.